The molecule has 20 heavy (non-hydrogen) atoms. The molecule has 1 aliphatic heterocycles. The minimum atomic E-state index is -0.286. The van der Waals surface area contributed by atoms with Crippen molar-refractivity contribution in [1.82, 2.24) is 0 Å². The number of Topliss-reactive ketones (excluding diaryl/α,β-unsaturated/α-hetero) is 1. The summed E-state index contributed by atoms with van der Waals surface area (Å²) in [4.78, 5) is 16.1. The number of anilines is 2. The molecule has 0 radical (unpaired) electrons. The Morgan fingerprint density at radius 3 is 2.80 bits per heavy atom. The fourth-order valence-electron chi connectivity index (χ4n) is 2.41. The van der Waals surface area contributed by atoms with Gasteiger partial charge in [-0.1, -0.05) is 13.8 Å². The van der Waals surface area contributed by atoms with E-state index in [1.54, 1.807) is 11.8 Å². The number of nitrogens with zero attached hydrogens (tertiary/aromatic N) is 1. The first kappa shape index (κ1) is 15.7. The second kappa shape index (κ2) is 6.37. The molecule has 0 amide bonds. The maximum atomic E-state index is 12.2. The molecule has 1 saturated heterocycles. The average Bonchev–Trinajstić information content (AvgIpc) is 2.74. The monoisotopic (exact) mass is 314 g/mol. The van der Waals surface area contributed by atoms with Crippen LogP contribution >= 0.6 is 23.1 Å². The van der Waals surface area contributed by atoms with Gasteiger partial charge in [-0.2, -0.15) is 0 Å². The number of nitrogens with two attached hydrogens (primary N) is 1. The number of ketones is 1. The first-order valence-corrected chi connectivity index (χ1v) is 8.93. The SMILES string of the molecule is CSc1c(N2CCCC(O)C2)sc(C(=O)C(C)C)c1N. The molecule has 1 aliphatic rings. The van der Waals surface area contributed by atoms with Gasteiger partial charge in [0, 0.05) is 19.0 Å². The van der Waals surface area contributed by atoms with E-state index in [1.807, 2.05) is 20.1 Å². The van der Waals surface area contributed by atoms with E-state index in [0.717, 1.165) is 29.3 Å². The van der Waals surface area contributed by atoms with Crippen molar-refractivity contribution in [3.05, 3.63) is 4.88 Å². The van der Waals surface area contributed by atoms with Crippen LogP contribution in [0.3, 0.4) is 0 Å². The summed E-state index contributed by atoms with van der Waals surface area (Å²) in [5, 5.41) is 10.9. The number of aliphatic hydroxyl groups is 1. The maximum Gasteiger partial charge on any atom is 0.177 e. The van der Waals surface area contributed by atoms with Crippen LogP contribution in [0.2, 0.25) is 0 Å². The number of β-amino-alcohol motifs (C(OH)–C–C–N with tert-alkyl or cyclic N) is 1. The lowest BCUT2D eigenvalue weighted by molar-refractivity contribution is 0.0944. The van der Waals surface area contributed by atoms with Crippen LogP contribution in [0.5, 0.6) is 0 Å². The van der Waals surface area contributed by atoms with Gasteiger partial charge in [-0.25, -0.2) is 0 Å². The van der Waals surface area contributed by atoms with Crippen molar-refractivity contribution in [2.75, 3.05) is 30.0 Å². The Bertz CT molecular complexity index is 500. The Hall–Kier alpha value is -0.720. The molecule has 0 bridgehead atoms. The first-order chi connectivity index (χ1) is 9.45. The summed E-state index contributed by atoms with van der Waals surface area (Å²) < 4.78 is 0. The molecule has 2 heterocycles. The standard InChI is InChI=1S/C14H22N2O2S2/c1-8(2)11(18)12-10(15)13(19-3)14(20-12)16-6-4-5-9(17)7-16/h8-9,17H,4-7,15H2,1-3H3. The molecule has 0 spiro atoms. The smallest absolute Gasteiger partial charge is 0.177 e. The van der Waals surface area contributed by atoms with Crippen LogP contribution < -0.4 is 10.6 Å². The Labute approximate surface area is 128 Å². The third kappa shape index (κ3) is 2.97. The lowest BCUT2D eigenvalue weighted by atomic mass is 10.1. The zero-order valence-corrected chi connectivity index (χ0v) is 13.8. The van der Waals surface area contributed by atoms with Gasteiger partial charge in [0.05, 0.1) is 21.6 Å². The van der Waals surface area contributed by atoms with E-state index in [9.17, 15) is 9.90 Å². The average molecular weight is 314 g/mol. The van der Waals surface area contributed by atoms with E-state index >= 15 is 0 Å². The van der Waals surface area contributed by atoms with Crippen LogP contribution in [0.15, 0.2) is 4.90 Å². The number of rotatable bonds is 4. The molecule has 112 valence electrons. The van der Waals surface area contributed by atoms with Crippen LogP contribution in [0, 0.1) is 5.92 Å². The molecule has 6 heteroatoms. The van der Waals surface area contributed by atoms with Crippen molar-refractivity contribution in [1.29, 1.82) is 0 Å². The maximum absolute atomic E-state index is 12.2. The van der Waals surface area contributed by atoms with E-state index in [1.165, 1.54) is 11.3 Å². The highest BCUT2D eigenvalue weighted by molar-refractivity contribution is 7.99. The molecular formula is C14H22N2O2S2. The summed E-state index contributed by atoms with van der Waals surface area (Å²) in [6.45, 7) is 5.33. The Morgan fingerprint density at radius 2 is 2.25 bits per heavy atom. The van der Waals surface area contributed by atoms with Gasteiger partial charge in [-0.3, -0.25) is 4.79 Å². The Balaban J connectivity index is 2.37. The number of aliphatic hydroxyl groups excluding tert-OH is 1. The summed E-state index contributed by atoms with van der Waals surface area (Å²) in [6, 6.07) is 0. The van der Waals surface area contributed by atoms with Gasteiger partial charge < -0.3 is 15.7 Å². The molecule has 4 nitrogen and oxygen atoms in total. The highest BCUT2D eigenvalue weighted by atomic mass is 32.2. The van der Waals surface area contributed by atoms with E-state index < -0.39 is 0 Å². The van der Waals surface area contributed by atoms with Crippen molar-refractivity contribution in [3.63, 3.8) is 0 Å². The number of carbonyl (C=O) groups is 1. The molecule has 1 fully saturated rings. The number of carbonyl (C=O) groups excluding carboxylic acids is 1. The van der Waals surface area contributed by atoms with Crippen LogP contribution in [0.25, 0.3) is 0 Å². The van der Waals surface area contributed by atoms with Gasteiger partial charge >= 0.3 is 0 Å². The summed E-state index contributed by atoms with van der Waals surface area (Å²) in [5.41, 5.74) is 6.78. The van der Waals surface area contributed by atoms with Gasteiger partial charge in [0.1, 0.15) is 5.00 Å². The Morgan fingerprint density at radius 1 is 1.55 bits per heavy atom. The molecule has 1 unspecified atom stereocenters. The van der Waals surface area contributed by atoms with E-state index in [0.29, 0.717) is 17.1 Å². The number of hydrogen-bond acceptors (Lipinski definition) is 6. The van der Waals surface area contributed by atoms with E-state index in [4.69, 9.17) is 5.73 Å². The van der Waals surface area contributed by atoms with Crippen molar-refractivity contribution < 1.29 is 9.90 Å². The quantitative estimate of drug-likeness (QED) is 0.661. The largest absolute Gasteiger partial charge is 0.396 e. The molecule has 0 aromatic carbocycles. The van der Waals surface area contributed by atoms with E-state index in [-0.39, 0.29) is 17.8 Å². The van der Waals surface area contributed by atoms with Gasteiger partial charge in [0.25, 0.3) is 0 Å². The number of hydrogen-bond donors (Lipinski definition) is 2. The predicted octanol–water partition coefficient (Wildman–Crippen LogP) is 2.85. The molecule has 1 aromatic heterocycles. The zero-order chi connectivity index (χ0) is 14.9. The first-order valence-electron chi connectivity index (χ1n) is 6.89. The van der Waals surface area contributed by atoms with Crippen LogP contribution in [-0.4, -0.2) is 36.3 Å². The summed E-state index contributed by atoms with van der Waals surface area (Å²) in [6.07, 6.45) is 3.52. The fraction of sp³-hybridized carbons (Fsp3) is 0.643. The van der Waals surface area contributed by atoms with Crippen molar-refractivity contribution in [2.45, 2.75) is 37.7 Å². The predicted molar refractivity (Wildman–Crippen MR) is 87.1 cm³/mol. The highest BCUT2D eigenvalue weighted by Crippen LogP contribution is 2.45. The fourth-order valence-corrected chi connectivity index (χ4v) is 4.71. The molecule has 2 rings (SSSR count). The van der Waals surface area contributed by atoms with Gasteiger partial charge in [0.2, 0.25) is 0 Å². The topological polar surface area (TPSA) is 66.6 Å². The normalized spacial score (nSPS) is 19.6. The number of nitrogen functional groups attached to an aromatic ring is 1. The van der Waals surface area contributed by atoms with Crippen molar-refractivity contribution in [3.8, 4) is 0 Å². The second-order valence-corrected chi connectivity index (χ2v) is 7.26. The minimum Gasteiger partial charge on any atom is -0.396 e. The molecule has 1 atom stereocenters. The van der Waals surface area contributed by atoms with Crippen LogP contribution in [0.4, 0.5) is 10.7 Å². The molecule has 0 aliphatic carbocycles. The zero-order valence-electron chi connectivity index (χ0n) is 12.2. The minimum absolute atomic E-state index is 0.0505. The van der Waals surface area contributed by atoms with Crippen molar-refractivity contribution in [2.24, 2.45) is 5.92 Å². The second-order valence-electron chi connectivity index (χ2n) is 5.44. The Kier molecular flexibility index (Phi) is 4.99. The highest BCUT2D eigenvalue weighted by Gasteiger charge is 2.27. The molecule has 1 aromatic rings. The number of thiophene rings is 1. The van der Waals surface area contributed by atoms with E-state index in [2.05, 4.69) is 4.90 Å². The third-order valence-corrected chi connectivity index (χ3v) is 5.75. The third-order valence-electron chi connectivity index (χ3n) is 3.52. The van der Waals surface area contributed by atoms with Crippen LogP contribution in [-0.2, 0) is 0 Å². The summed E-state index contributed by atoms with van der Waals surface area (Å²) >= 11 is 3.05. The molecule has 0 saturated carbocycles. The number of thioether (sulfide) groups is 1. The lowest BCUT2D eigenvalue weighted by Gasteiger charge is -2.31. The summed E-state index contributed by atoms with van der Waals surface area (Å²) in [5.74, 6) is 0.0528. The van der Waals surface area contributed by atoms with Gasteiger partial charge in [-0.05, 0) is 19.1 Å². The summed E-state index contributed by atoms with van der Waals surface area (Å²) in [7, 11) is 0. The van der Waals surface area contributed by atoms with Gasteiger partial charge in [-0.15, -0.1) is 23.1 Å². The molecule has 3 N–H and O–H groups in total. The lowest BCUT2D eigenvalue weighted by Crippen LogP contribution is -2.38. The van der Waals surface area contributed by atoms with Crippen molar-refractivity contribution >= 4 is 39.6 Å². The number of piperidine rings is 1. The van der Waals surface area contributed by atoms with Crippen LogP contribution in [0.1, 0.15) is 36.4 Å². The van der Waals surface area contributed by atoms with Gasteiger partial charge in [0.15, 0.2) is 5.78 Å². The molecular weight excluding hydrogens is 292 g/mol.